The van der Waals surface area contributed by atoms with Crippen LogP contribution in [0.25, 0.3) is 11.1 Å². The van der Waals surface area contributed by atoms with Crippen molar-refractivity contribution in [3.8, 4) is 0 Å². The van der Waals surface area contributed by atoms with Gasteiger partial charge in [0.05, 0.1) is 0 Å². The third kappa shape index (κ3) is 2.46. The van der Waals surface area contributed by atoms with Gasteiger partial charge in [-0.15, -0.1) is 0 Å². The Kier molecular flexibility index (Phi) is 2.76. The maximum atomic E-state index is 13.2. The van der Waals surface area contributed by atoms with Crippen molar-refractivity contribution >= 4 is 40.1 Å². The summed E-state index contributed by atoms with van der Waals surface area (Å²) in [6, 6.07) is 9.50. The minimum absolute atomic E-state index is 0.252. The number of nitrogen functional groups attached to an aromatic ring is 1. The van der Waals surface area contributed by atoms with Crippen LogP contribution in [0.2, 0.25) is 5.02 Å². The van der Waals surface area contributed by atoms with Crippen LogP contribution in [0.3, 0.4) is 0 Å². The summed E-state index contributed by atoms with van der Waals surface area (Å²) >= 11 is 5.77. The molecule has 0 spiro atoms. The van der Waals surface area contributed by atoms with E-state index in [9.17, 15) is 4.39 Å². The second-order valence-electron chi connectivity index (χ2n) is 4.03. The zero-order valence-electron chi connectivity index (χ0n) is 9.65. The summed E-state index contributed by atoms with van der Waals surface area (Å²) in [6.45, 7) is 0. The maximum Gasteiger partial charge on any atom is 0.300 e. The molecule has 0 saturated heterocycles. The Hall–Kier alpha value is -2.27. The minimum Gasteiger partial charge on any atom is -0.423 e. The van der Waals surface area contributed by atoms with E-state index in [1.54, 1.807) is 24.3 Å². The van der Waals surface area contributed by atoms with Crippen LogP contribution in [0.5, 0.6) is 0 Å². The fraction of sp³-hybridized carbons (Fsp3) is 0. The molecule has 96 valence electrons. The molecule has 0 saturated carbocycles. The van der Waals surface area contributed by atoms with Crippen molar-refractivity contribution < 1.29 is 8.81 Å². The molecular formula is C13H9ClFN3O. The molecule has 19 heavy (non-hydrogen) atoms. The molecule has 6 heteroatoms. The number of fused-ring (bicyclic) bond motifs is 1. The number of nitrogens with two attached hydrogens (primary N) is 1. The molecule has 1 aromatic heterocycles. The van der Waals surface area contributed by atoms with E-state index < -0.39 is 5.82 Å². The average Bonchev–Trinajstić information content (AvgIpc) is 2.68. The number of oxazole rings is 1. The number of hydrogen-bond donors (Lipinski definition) is 2. The SMILES string of the molecule is Nc1ccc2nc(Nc3cc(F)cc(Cl)c3)oc2c1. The molecule has 3 aromatic rings. The Labute approximate surface area is 113 Å². The van der Waals surface area contributed by atoms with Crippen LogP contribution < -0.4 is 11.1 Å². The number of benzene rings is 2. The first-order valence-electron chi connectivity index (χ1n) is 5.49. The smallest absolute Gasteiger partial charge is 0.300 e. The predicted octanol–water partition coefficient (Wildman–Crippen LogP) is 3.95. The Bertz CT molecular complexity index is 736. The molecule has 4 nitrogen and oxygen atoms in total. The number of anilines is 3. The lowest BCUT2D eigenvalue weighted by Crippen LogP contribution is -1.91. The minimum atomic E-state index is -0.435. The van der Waals surface area contributed by atoms with Crippen molar-refractivity contribution in [3.05, 3.63) is 47.2 Å². The van der Waals surface area contributed by atoms with Gasteiger partial charge < -0.3 is 15.5 Å². The summed E-state index contributed by atoms with van der Waals surface area (Å²) in [5, 5.41) is 3.15. The van der Waals surface area contributed by atoms with E-state index in [1.807, 2.05) is 0 Å². The quantitative estimate of drug-likeness (QED) is 0.696. The lowest BCUT2D eigenvalue weighted by Gasteiger charge is -2.02. The van der Waals surface area contributed by atoms with Gasteiger partial charge in [-0.2, -0.15) is 4.98 Å². The molecule has 0 amide bonds. The first kappa shape index (κ1) is 11.8. The van der Waals surface area contributed by atoms with Crippen LogP contribution in [0.1, 0.15) is 0 Å². The van der Waals surface area contributed by atoms with Crippen molar-refractivity contribution in [2.75, 3.05) is 11.1 Å². The number of hydrogen-bond acceptors (Lipinski definition) is 4. The number of aromatic nitrogens is 1. The fourth-order valence-corrected chi connectivity index (χ4v) is 1.97. The fourth-order valence-electron chi connectivity index (χ4n) is 1.74. The topological polar surface area (TPSA) is 64.1 Å². The van der Waals surface area contributed by atoms with Gasteiger partial charge in [-0.1, -0.05) is 11.6 Å². The van der Waals surface area contributed by atoms with Crippen LogP contribution in [0.4, 0.5) is 21.8 Å². The van der Waals surface area contributed by atoms with Gasteiger partial charge >= 0.3 is 0 Å². The third-order valence-electron chi connectivity index (χ3n) is 2.53. The number of halogens is 2. The Morgan fingerprint density at radius 1 is 1.21 bits per heavy atom. The molecule has 0 unspecified atom stereocenters. The van der Waals surface area contributed by atoms with Crippen molar-refractivity contribution in [1.29, 1.82) is 0 Å². The highest BCUT2D eigenvalue weighted by atomic mass is 35.5. The van der Waals surface area contributed by atoms with E-state index >= 15 is 0 Å². The molecule has 0 atom stereocenters. The van der Waals surface area contributed by atoms with E-state index in [2.05, 4.69) is 10.3 Å². The lowest BCUT2D eigenvalue weighted by atomic mass is 10.3. The summed E-state index contributed by atoms with van der Waals surface area (Å²) in [5.41, 5.74) is 7.93. The van der Waals surface area contributed by atoms with E-state index in [4.69, 9.17) is 21.8 Å². The lowest BCUT2D eigenvalue weighted by molar-refractivity contribution is 0.620. The molecule has 0 fully saturated rings. The molecule has 2 aromatic carbocycles. The molecule has 3 rings (SSSR count). The summed E-state index contributed by atoms with van der Waals surface area (Å²) in [7, 11) is 0. The van der Waals surface area contributed by atoms with Crippen LogP contribution in [-0.4, -0.2) is 4.98 Å². The Morgan fingerprint density at radius 2 is 2.05 bits per heavy atom. The van der Waals surface area contributed by atoms with Gasteiger partial charge in [-0.3, -0.25) is 0 Å². The van der Waals surface area contributed by atoms with Gasteiger partial charge in [0.2, 0.25) is 0 Å². The zero-order valence-corrected chi connectivity index (χ0v) is 10.4. The van der Waals surface area contributed by atoms with Crippen LogP contribution in [0, 0.1) is 5.82 Å². The summed E-state index contributed by atoms with van der Waals surface area (Å²) in [4.78, 5) is 4.21. The Balaban J connectivity index is 1.96. The van der Waals surface area contributed by atoms with Gasteiger partial charge in [-0.05, 0) is 30.3 Å². The third-order valence-corrected chi connectivity index (χ3v) is 2.74. The summed E-state index contributed by atoms with van der Waals surface area (Å²) in [6.07, 6.45) is 0. The second kappa shape index (κ2) is 4.44. The molecule has 0 bridgehead atoms. The highest BCUT2D eigenvalue weighted by molar-refractivity contribution is 6.30. The van der Waals surface area contributed by atoms with Gasteiger partial charge in [0.1, 0.15) is 11.3 Å². The summed E-state index contributed by atoms with van der Waals surface area (Å²) in [5.74, 6) is -0.435. The monoisotopic (exact) mass is 277 g/mol. The average molecular weight is 278 g/mol. The molecular weight excluding hydrogens is 269 g/mol. The first-order valence-corrected chi connectivity index (χ1v) is 5.87. The largest absolute Gasteiger partial charge is 0.423 e. The molecule has 0 aliphatic carbocycles. The molecule has 0 radical (unpaired) electrons. The van der Waals surface area contributed by atoms with E-state index in [1.165, 1.54) is 12.1 Å². The van der Waals surface area contributed by atoms with Crippen molar-refractivity contribution in [1.82, 2.24) is 4.98 Å². The van der Waals surface area contributed by atoms with E-state index in [0.717, 1.165) is 0 Å². The van der Waals surface area contributed by atoms with Gasteiger partial charge in [0.15, 0.2) is 5.58 Å². The molecule has 3 N–H and O–H groups in total. The second-order valence-corrected chi connectivity index (χ2v) is 4.47. The number of rotatable bonds is 2. The zero-order chi connectivity index (χ0) is 13.4. The maximum absolute atomic E-state index is 13.2. The van der Waals surface area contributed by atoms with Gasteiger partial charge in [-0.25, -0.2) is 4.39 Å². The molecule has 1 heterocycles. The highest BCUT2D eigenvalue weighted by Gasteiger charge is 2.07. The van der Waals surface area contributed by atoms with Gasteiger partial charge in [0, 0.05) is 22.5 Å². The van der Waals surface area contributed by atoms with Gasteiger partial charge in [0.25, 0.3) is 6.01 Å². The normalized spacial score (nSPS) is 10.8. The molecule has 0 aliphatic heterocycles. The number of nitrogens with zero attached hydrogens (tertiary/aromatic N) is 1. The first-order chi connectivity index (χ1) is 9.10. The van der Waals surface area contributed by atoms with Crippen molar-refractivity contribution in [2.45, 2.75) is 0 Å². The predicted molar refractivity (Wildman–Crippen MR) is 73.1 cm³/mol. The van der Waals surface area contributed by atoms with Crippen LogP contribution in [-0.2, 0) is 0 Å². The van der Waals surface area contributed by atoms with E-state index in [-0.39, 0.29) is 6.01 Å². The van der Waals surface area contributed by atoms with Crippen LogP contribution >= 0.6 is 11.6 Å². The highest BCUT2D eigenvalue weighted by Crippen LogP contribution is 2.25. The standard InChI is InChI=1S/C13H9ClFN3O/c14-7-3-8(15)5-10(4-7)17-13-18-11-2-1-9(16)6-12(11)19-13/h1-6H,16H2,(H,17,18). The van der Waals surface area contributed by atoms with Crippen LogP contribution in [0.15, 0.2) is 40.8 Å². The van der Waals surface area contributed by atoms with Crippen molar-refractivity contribution in [3.63, 3.8) is 0 Å². The Morgan fingerprint density at radius 3 is 2.84 bits per heavy atom. The van der Waals surface area contributed by atoms with E-state index in [0.29, 0.717) is 27.5 Å². The summed E-state index contributed by atoms with van der Waals surface area (Å²) < 4.78 is 18.7. The molecule has 0 aliphatic rings. The van der Waals surface area contributed by atoms with Crippen molar-refractivity contribution in [2.24, 2.45) is 0 Å². The number of nitrogens with one attached hydrogen (secondary N) is 1.